The van der Waals surface area contributed by atoms with Gasteiger partial charge in [-0.15, -0.1) is 6.58 Å². The maximum atomic E-state index is 13.1. The summed E-state index contributed by atoms with van der Waals surface area (Å²) in [6.45, 7) is 5.32. The van der Waals surface area contributed by atoms with Gasteiger partial charge in [0.1, 0.15) is 0 Å². The van der Waals surface area contributed by atoms with E-state index in [9.17, 15) is 13.9 Å². The lowest BCUT2D eigenvalue weighted by Gasteiger charge is -2.11. The number of halogens is 2. The Labute approximate surface area is 81.7 Å². The molecule has 1 atom stereocenters. The third-order valence-electron chi connectivity index (χ3n) is 1.88. The highest BCUT2D eigenvalue weighted by molar-refractivity contribution is 5.22. The molecule has 0 spiro atoms. The second-order valence-electron chi connectivity index (χ2n) is 3.32. The molecule has 76 valence electrons. The summed E-state index contributed by atoms with van der Waals surface area (Å²) in [6, 6.07) is 3.76. The molecule has 0 aromatic heterocycles. The molecular weight excluding hydrogens is 186 g/mol. The SMILES string of the molecule is C=C(C)CC(O)c1cccc(F)c1F. The molecule has 1 nitrogen and oxygen atoms in total. The predicted octanol–water partition coefficient (Wildman–Crippen LogP) is 2.96. The Morgan fingerprint density at radius 3 is 2.71 bits per heavy atom. The first kappa shape index (κ1) is 10.9. The molecule has 1 aromatic carbocycles. The lowest BCUT2D eigenvalue weighted by molar-refractivity contribution is 0.172. The topological polar surface area (TPSA) is 20.2 Å². The zero-order valence-electron chi connectivity index (χ0n) is 7.93. The average Bonchev–Trinajstić information content (AvgIpc) is 2.08. The van der Waals surface area contributed by atoms with Gasteiger partial charge in [-0.1, -0.05) is 17.7 Å². The quantitative estimate of drug-likeness (QED) is 0.740. The molecular formula is C11H12F2O. The molecule has 3 heteroatoms. The maximum Gasteiger partial charge on any atom is 0.164 e. The van der Waals surface area contributed by atoms with E-state index in [2.05, 4.69) is 6.58 Å². The van der Waals surface area contributed by atoms with E-state index < -0.39 is 17.7 Å². The van der Waals surface area contributed by atoms with Gasteiger partial charge in [0.15, 0.2) is 11.6 Å². The Bertz CT molecular complexity index is 347. The molecule has 1 aromatic rings. The van der Waals surface area contributed by atoms with Crippen LogP contribution in [0.2, 0.25) is 0 Å². The van der Waals surface area contributed by atoms with E-state index in [1.54, 1.807) is 6.92 Å². The summed E-state index contributed by atoms with van der Waals surface area (Å²) < 4.78 is 25.9. The lowest BCUT2D eigenvalue weighted by Crippen LogP contribution is -2.02. The molecule has 1 unspecified atom stereocenters. The summed E-state index contributed by atoms with van der Waals surface area (Å²) in [7, 11) is 0. The van der Waals surface area contributed by atoms with Gasteiger partial charge in [0, 0.05) is 5.56 Å². The van der Waals surface area contributed by atoms with E-state index in [-0.39, 0.29) is 12.0 Å². The molecule has 0 saturated carbocycles. The highest BCUT2D eigenvalue weighted by Crippen LogP contribution is 2.23. The standard InChI is InChI=1S/C11H12F2O/c1-7(2)6-10(14)8-4-3-5-9(12)11(8)13/h3-5,10,14H,1,6H2,2H3. The van der Waals surface area contributed by atoms with Crippen LogP contribution >= 0.6 is 0 Å². The van der Waals surface area contributed by atoms with E-state index in [1.807, 2.05) is 0 Å². The lowest BCUT2D eigenvalue weighted by atomic mass is 10.0. The fourth-order valence-electron chi connectivity index (χ4n) is 1.22. The summed E-state index contributed by atoms with van der Waals surface area (Å²) in [6.07, 6.45) is -0.788. The van der Waals surface area contributed by atoms with Gasteiger partial charge in [-0.2, -0.15) is 0 Å². The second-order valence-corrected chi connectivity index (χ2v) is 3.32. The molecule has 0 fully saturated rings. The Morgan fingerprint density at radius 2 is 2.14 bits per heavy atom. The smallest absolute Gasteiger partial charge is 0.164 e. The highest BCUT2D eigenvalue weighted by Gasteiger charge is 2.15. The van der Waals surface area contributed by atoms with Gasteiger partial charge in [-0.25, -0.2) is 8.78 Å². The van der Waals surface area contributed by atoms with Crippen LogP contribution in [0.15, 0.2) is 30.4 Å². The van der Waals surface area contributed by atoms with Crippen LogP contribution in [-0.4, -0.2) is 5.11 Å². The second kappa shape index (κ2) is 4.33. The molecule has 1 N–H and O–H groups in total. The number of hydrogen-bond donors (Lipinski definition) is 1. The molecule has 1 rings (SSSR count). The van der Waals surface area contributed by atoms with Crippen molar-refractivity contribution in [3.05, 3.63) is 47.5 Å². The molecule has 0 aliphatic heterocycles. The largest absolute Gasteiger partial charge is 0.388 e. The van der Waals surface area contributed by atoms with Crippen molar-refractivity contribution in [2.75, 3.05) is 0 Å². The van der Waals surface area contributed by atoms with Crippen molar-refractivity contribution in [1.29, 1.82) is 0 Å². The van der Waals surface area contributed by atoms with Crippen LogP contribution in [0.3, 0.4) is 0 Å². The Morgan fingerprint density at radius 1 is 1.50 bits per heavy atom. The van der Waals surface area contributed by atoms with Crippen molar-refractivity contribution in [3.8, 4) is 0 Å². The van der Waals surface area contributed by atoms with Crippen LogP contribution in [0.4, 0.5) is 8.78 Å². The first-order chi connectivity index (χ1) is 6.52. The van der Waals surface area contributed by atoms with Crippen LogP contribution in [0, 0.1) is 11.6 Å². The third kappa shape index (κ3) is 2.39. The molecule has 0 bridgehead atoms. The fourth-order valence-corrected chi connectivity index (χ4v) is 1.22. The van der Waals surface area contributed by atoms with Crippen molar-refractivity contribution in [3.63, 3.8) is 0 Å². The molecule has 0 amide bonds. The predicted molar refractivity (Wildman–Crippen MR) is 50.7 cm³/mol. The van der Waals surface area contributed by atoms with Crippen molar-refractivity contribution < 1.29 is 13.9 Å². The zero-order chi connectivity index (χ0) is 10.7. The van der Waals surface area contributed by atoms with Gasteiger partial charge in [0.2, 0.25) is 0 Å². The van der Waals surface area contributed by atoms with Gasteiger partial charge in [-0.3, -0.25) is 0 Å². The maximum absolute atomic E-state index is 13.1. The van der Waals surface area contributed by atoms with Gasteiger partial charge in [0.25, 0.3) is 0 Å². The number of hydrogen-bond acceptors (Lipinski definition) is 1. The Hall–Kier alpha value is -1.22. The average molecular weight is 198 g/mol. The van der Waals surface area contributed by atoms with E-state index in [0.717, 1.165) is 11.6 Å². The van der Waals surface area contributed by atoms with Crippen LogP contribution in [0.25, 0.3) is 0 Å². The minimum absolute atomic E-state index is 0.0204. The van der Waals surface area contributed by atoms with Gasteiger partial charge < -0.3 is 5.11 Å². The van der Waals surface area contributed by atoms with E-state index in [1.165, 1.54) is 12.1 Å². The van der Waals surface area contributed by atoms with Crippen LogP contribution in [0.5, 0.6) is 0 Å². The van der Waals surface area contributed by atoms with Crippen LogP contribution in [-0.2, 0) is 0 Å². The molecule has 0 aliphatic carbocycles. The number of rotatable bonds is 3. The summed E-state index contributed by atoms with van der Waals surface area (Å²) in [5.74, 6) is -1.93. The summed E-state index contributed by atoms with van der Waals surface area (Å²) >= 11 is 0. The number of aliphatic hydroxyl groups is 1. The van der Waals surface area contributed by atoms with Crippen LogP contribution < -0.4 is 0 Å². The zero-order valence-corrected chi connectivity index (χ0v) is 7.93. The first-order valence-electron chi connectivity index (χ1n) is 4.28. The third-order valence-corrected chi connectivity index (χ3v) is 1.88. The van der Waals surface area contributed by atoms with E-state index in [0.29, 0.717) is 0 Å². The Kier molecular flexibility index (Phi) is 3.36. The van der Waals surface area contributed by atoms with Crippen molar-refractivity contribution in [1.82, 2.24) is 0 Å². The van der Waals surface area contributed by atoms with Gasteiger partial charge in [0.05, 0.1) is 6.10 Å². The summed E-state index contributed by atoms with van der Waals surface area (Å²) in [5, 5.41) is 9.53. The fraction of sp³-hybridized carbons (Fsp3) is 0.273. The molecule has 0 heterocycles. The summed E-state index contributed by atoms with van der Waals surface area (Å²) in [4.78, 5) is 0. The normalized spacial score (nSPS) is 12.6. The van der Waals surface area contributed by atoms with Crippen LogP contribution in [0.1, 0.15) is 25.0 Å². The van der Waals surface area contributed by atoms with Crippen molar-refractivity contribution >= 4 is 0 Å². The van der Waals surface area contributed by atoms with Gasteiger partial charge >= 0.3 is 0 Å². The molecule has 0 aliphatic rings. The highest BCUT2D eigenvalue weighted by atomic mass is 19.2. The summed E-state index contributed by atoms with van der Waals surface area (Å²) in [5.41, 5.74) is 0.703. The van der Waals surface area contributed by atoms with E-state index >= 15 is 0 Å². The van der Waals surface area contributed by atoms with Gasteiger partial charge in [-0.05, 0) is 19.4 Å². The van der Waals surface area contributed by atoms with E-state index in [4.69, 9.17) is 0 Å². The molecule has 0 radical (unpaired) electrons. The Balaban J connectivity index is 2.95. The monoisotopic (exact) mass is 198 g/mol. The minimum Gasteiger partial charge on any atom is -0.388 e. The minimum atomic E-state index is -1.02. The first-order valence-corrected chi connectivity index (χ1v) is 4.28. The van der Waals surface area contributed by atoms with Crippen molar-refractivity contribution in [2.24, 2.45) is 0 Å². The number of aliphatic hydroxyl groups excluding tert-OH is 1. The molecule has 14 heavy (non-hydrogen) atoms. The molecule has 0 saturated heterocycles. The number of benzene rings is 1. The van der Waals surface area contributed by atoms with Crippen molar-refractivity contribution in [2.45, 2.75) is 19.4 Å².